The maximum absolute atomic E-state index is 12.2. The summed E-state index contributed by atoms with van der Waals surface area (Å²) in [5.74, 6) is 0. The number of aryl methyl sites for hydroxylation is 1. The van der Waals surface area contributed by atoms with Crippen molar-refractivity contribution in [1.29, 1.82) is 0 Å². The Kier molecular flexibility index (Phi) is 5.52. The van der Waals surface area contributed by atoms with Crippen LogP contribution in [0.1, 0.15) is 31.2 Å². The highest BCUT2D eigenvalue weighted by Crippen LogP contribution is 2.17. The Hall–Kier alpha value is -1.66. The van der Waals surface area contributed by atoms with E-state index < -0.39 is 0 Å². The summed E-state index contributed by atoms with van der Waals surface area (Å²) >= 11 is 1.70. The van der Waals surface area contributed by atoms with E-state index in [4.69, 9.17) is 0 Å². The van der Waals surface area contributed by atoms with Crippen LogP contribution in [-0.4, -0.2) is 15.7 Å². The van der Waals surface area contributed by atoms with E-state index in [9.17, 15) is 9.59 Å². The SMILES string of the molecule is CCCn1ccc(=O)n(CCNC(C)c2cccs2)c1=O. The van der Waals surface area contributed by atoms with Crippen molar-refractivity contribution in [2.45, 2.75) is 39.4 Å². The van der Waals surface area contributed by atoms with Crippen LogP contribution in [0.3, 0.4) is 0 Å². The van der Waals surface area contributed by atoms with Gasteiger partial charge in [0.1, 0.15) is 0 Å². The number of nitrogens with one attached hydrogen (secondary N) is 1. The Labute approximate surface area is 127 Å². The Morgan fingerprint density at radius 1 is 1.29 bits per heavy atom. The molecule has 5 nitrogen and oxygen atoms in total. The standard InChI is InChI=1S/C15H21N3O2S/c1-3-8-17-9-6-14(19)18(15(17)20)10-7-16-12(2)13-5-4-11-21-13/h4-6,9,11-12,16H,3,7-8,10H2,1-2H3. The lowest BCUT2D eigenvalue weighted by Gasteiger charge is -2.13. The van der Waals surface area contributed by atoms with Crippen molar-refractivity contribution in [3.63, 3.8) is 0 Å². The molecule has 6 heteroatoms. The van der Waals surface area contributed by atoms with E-state index in [1.165, 1.54) is 15.5 Å². The molecular weight excluding hydrogens is 286 g/mol. The first-order valence-electron chi connectivity index (χ1n) is 7.20. The quantitative estimate of drug-likeness (QED) is 0.849. The van der Waals surface area contributed by atoms with E-state index in [1.807, 2.05) is 18.4 Å². The first-order valence-corrected chi connectivity index (χ1v) is 8.08. The van der Waals surface area contributed by atoms with Gasteiger partial charge in [0.25, 0.3) is 5.56 Å². The third-order valence-corrected chi connectivity index (χ3v) is 4.42. The molecule has 1 N–H and O–H groups in total. The zero-order valence-corrected chi connectivity index (χ0v) is 13.2. The molecule has 114 valence electrons. The van der Waals surface area contributed by atoms with Gasteiger partial charge in [-0.25, -0.2) is 4.79 Å². The summed E-state index contributed by atoms with van der Waals surface area (Å²) in [5.41, 5.74) is -0.465. The first kappa shape index (κ1) is 15.7. The van der Waals surface area contributed by atoms with E-state index in [0.717, 1.165) is 6.42 Å². The molecule has 0 aliphatic heterocycles. The highest BCUT2D eigenvalue weighted by Gasteiger charge is 2.07. The molecule has 21 heavy (non-hydrogen) atoms. The van der Waals surface area contributed by atoms with Crippen LogP contribution >= 0.6 is 11.3 Å². The summed E-state index contributed by atoms with van der Waals surface area (Å²) in [5, 5.41) is 5.38. The van der Waals surface area contributed by atoms with Gasteiger partial charge in [-0.1, -0.05) is 13.0 Å². The van der Waals surface area contributed by atoms with E-state index in [-0.39, 0.29) is 17.3 Å². The molecule has 0 bridgehead atoms. The zero-order chi connectivity index (χ0) is 15.2. The molecule has 0 aliphatic rings. The fourth-order valence-electron chi connectivity index (χ4n) is 2.20. The van der Waals surface area contributed by atoms with Crippen molar-refractivity contribution in [2.24, 2.45) is 0 Å². The predicted octanol–water partition coefficient (Wildman–Crippen LogP) is 1.83. The van der Waals surface area contributed by atoms with E-state index >= 15 is 0 Å². The molecule has 2 aromatic heterocycles. The van der Waals surface area contributed by atoms with Gasteiger partial charge in [-0.05, 0) is 24.8 Å². The van der Waals surface area contributed by atoms with Gasteiger partial charge in [-0.15, -0.1) is 11.3 Å². The number of hydrogen-bond donors (Lipinski definition) is 1. The van der Waals surface area contributed by atoms with Gasteiger partial charge in [0.05, 0.1) is 0 Å². The second kappa shape index (κ2) is 7.38. The maximum atomic E-state index is 12.2. The highest BCUT2D eigenvalue weighted by atomic mass is 32.1. The molecule has 1 unspecified atom stereocenters. The van der Waals surface area contributed by atoms with Crippen LogP contribution in [-0.2, 0) is 13.1 Å². The molecule has 0 amide bonds. The van der Waals surface area contributed by atoms with Crippen molar-refractivity contribution in [1.82, 2.24) is 14.5 Å². The number of thiophene rings is 1. The van der Waals surface area contributed by atoms with Gasteiger partial charge in [0, 0.05) is 42.8 Å². The molecule has 0 radical (unpaired) electrons. The molecule has 0 saturated heterocycles. The minimum Gasteiger partial charge on any atom is -0.308 e. The minimum absolute atomic E-state index is 0.224. The monoisotopic (exact) mass is 307 g/mol. The third-order valence-electron chi connectivity index (χ3n) is 3.36. The molecule has 0 spiro atoms. The van der Waals surface area contributed by atoms with Crippen molar-refractivity contribution in [3.8, 4) is 0 Å². The molecule has 0 aliphatic carbocycles. The van der Waals surface area contributed by atoms with Crippen LogP contribution in [0.4, 0.5) is 0 Å². The fourth-order valence-corrected chi connectivity index (χ4v) is 2.96. The normalized spacial score (nSPS) is 12.5. The third kappa shape index (κ3) is 3.92. The van der Waals surface area contributed by atoms with Crippen LogP contribution in [0.15, 0.2) is 39.4 Å². The molecule has 1 atom stereocenters. The predicted molar refractivity (Wildman–Crippen MR) is 86.0 cm³/mol. The van der Waals surface area contributed by atoms with Crippen molar-refractivity contribution >= 4 is 11.3 Å². The van der Waals surface area contributed by atoms with Gasteiger partial charge >= 0.3 is 5.69 Å². The van der Waals surface area contributed by atoms with E-state index in [2.05, 4.69) is 18.3 Å². The summed E-state index contributed by atoms with van der Waals surface area (Å²) in [6.07, 6.45) is 2.44. The first-order chi connectivity index (χ1) is 10.1. The van der Waals surface area contributed by atoms with Gasteiger partial charge in [-0.3, -0.25) is 9.36 Å². The Bertz CT molecular complexity index is 673. The topological polar surface area (TPSA) is 56.0 Å². The molecular formula is C15H21N3O2S. The molecule has 2 aromatic rings. The van der Waals surface area contributed by atoms with Crippen LogP contribution in [0.5, 0.6) is 0 Å². The van der Waals surface area contributed by atoms with Crippen molar-refractivity contribution < 1.29 is 0 Å². The average molecular weight is 307 g/mol. The van der Waals surface area contributed by atoms with Crippen LogP contribution < -0.4 is 16.6 Å². The Morgan fingerprint density at radius 2 is 2.10 bits per heavy atom. The van der Waals surface area contributed by atoms with Crippen LogP contribution in [0, 0.1) is 0 Å². The summed E-state index contributed by atoms with van der Waals surface area (Å²) in [6.45, 7) is 5.70. The molecule has 2 rings (SSSR count). The average Bonchev–Trinajstić information content (AvgIpc) is 3.00. The number of nitrogens with zero attached hydrogens (tertiary/aromatic N) is 2. The summed E-state index contributed by atoms with van der Waals surface area (Å²) in [6, 6.07) is 5.77. The zero-order valence-electron chi connectivity index (χ0n) is 12.4. The van der Waals surface area contributed by atoms with Gasteiger partial charge in [0.15, 0.2) is 0 Å². The lowest BCUT2D eigenvalue weighted by molar-refractivity contribution is 0.494. The van der Waals surface area contributed by atoms with Gasteiger partial charge in [0.2, 0.25) is 0 Å². The van der Waals surface area contributed by atoms with Crippen molar-refractivity contribution in [2.75, 3.05) is 6.54 Å². The fraction of sp³-hybridized carbons (Fsp3) is 0.467. The second-order valence-electron chi connectivity index (χ2n) is 4.97. The van der Waals surface area contributed by atoms with Gasteiger partial charge in [-0.2, -0.15) is 0 Å². The summed E-state index contributed by atoms with van der Waals surface area (Å²) in [7, 11) is 0. The Morgan fingerprint density at radius 3 is 2.76 bits per heavy atom. The second-order valence-corrected chi connectivity index (χ2v) is 5.95. The summed E-state index contributed by atoms with van der Waals surface area (Å²) in [4.78, 5) is 25.3. The van der Waals surface area contributed by atoms with E-state index in [0.29, 0.717) is 19.6 Å². The number of hydrogen-bond acceptors (Lipinski definition) is 4. The molecule has 0 saturated carbocycles. The smallest absolute Gasteiger partial charge is 0.308 e. The van der Waals surface area contributed by atoms with Crippen molar-refractivity contribution in [3.05, 3.63) is 55.5 Å². The number of aromatic nitrogens is 2. The van der Waals surface area contributed by atoms with E-state index in [1.54, 1.807) is 22.1 Å². The Balaban J connectivity index is 2.01. The summed E-state index contributed by atoms with van der Waals surface area (Å²) < 4.78 is 2.88. The molecule has 2 heterocycles. The van der Waals surface area contributed by atoms with Crippen LogP contribution in [0.2, 0.25) is 0 Å². The minimum atomic E-state index is -0.238. The number of rotatable bonds is 7. The molecule has 0 aromatic carbocycles. The largest absolute Gasteiger partial charge is 0.331 e. The molecule has 0 fully saturated rings. The van der Waals surface area contributed by atoms with Crippen LogP contribution in [0.25, 0.3) is 0 Å². The van der Waals surface area contributed by atoms with Gasteiger partial charge < -0.3 is 9.88 Å². The lowest BCUT2D eigenvalue weighted by Crippen LogP contribution is -2.41. The highest BCUT2D eigenvalue weighted by molar-refractivity contribution is 7.10. The maximum Gasteiger partial charge on any atom is 0.331 e. The lowest BCUT2D eigenvalue weighted by atomic mass is 10.3.